The third kappa shape index (κ3) is 5.00. The first-order valence-corrected chi connectivity index (χ1v) is 12.3. The van der Waals surface area contributed by atoms with Crippen LogP contribution in [0.15, 0.2) is 22.7 Å². The van der Waals surface area contributed by atoms with Gasteiger partial charge in [0.15, 0.2) is 5.82 Å². The van der Waals surface area contributed by atoms with Gasteiger partial charge in [-0.2, -0.15) is 4.98 Å². The molecule has 1 amide bonds. The first kappa shape index (κ1) is 20.8. The number of amides is 1. The third-order valence-corrected chi connectivity index (χ3v) is 6.53. The quantitative estimate of drug-likeness (QED) is 0.647. The average Bonchev–Trinajstić information content (AvgIpc) is 3.57. The fourth-order valence-corrected chi connectivity index (χ4v) is 4.80. The maximum Gasteiger partial charge on any atom is 0.252 e. The van der Waals surface area contributed by atoms with Crippen LogP contribution in [0.5, 0.6) is 5.75 Å². The van der Waals surface area contributed by atoms with Gasteiger partial charge >= 0.3 is 0 Å². The van der Waals surface area contributed by atoms with Gasteiger partial charge < -0.3 is 14.6 Å². The number of carbonyl (C=O) groups is 1. The number of benzene rings is 1. The Bertz CT molecular complexity index is 1060. The summed E-state index contributed by atoms with van der Waals surface area (Å²) in [5.74, 6) is 1.50. The van der Waals surface area contributed by atoms with Crippen LogP contribution in [0.4, 0.5) is 0 Å². The van der Waals surface area contributed by atoms with E-state index in [4.69, 9.17) is 9.26 Å². The van der Waals surface area contributed by atoms with Crippen LogP contribution in [0.1, 0.15) is 66.2 Å². The number of carbonyl (C=O) groups excluding carboxylic acids is 1. The van der Waals surface area contributed by atoms with Crippen LogP contribution >= 0.6 is 0 Å². The van der Waals surface area contributed by atoms with E-state index in [9.17, 15) is 13.2 Å². The molecule has 30 heavy (non-hydrogen) atoms. The first-order chi connectivity index (χ1) is 14.1. The molecule has 1 N–H and O–H groups in total. The van der Waals surface area contributed by atoms with Crippen LogP contribution in [-0.4, -0.2) is 43.1 Å². The Morgan fingerprint density at radius 1 is 1.30 bits per heavy atom. The molecule has 0 bridgehead atoms. The molecule has 0 radical (unpaired) electrons. The number of aryl methyl sites for hydroxylation is 1. The molecular formula is C21H27N3O5S. The summed E-state index contributed by atoms with van der Waals surface area (Å²) in [4.78, 5) is 17.2. The molecule has 2 saturated carbocycles. The number of rotatable bonds is 9. The van der Waals surface area contributed by atoms with E-state index in [1.807, 2.05) is 6.07 Å². The predicted octanol–water partition coefficient (Wildman–Crippen LogP) is 2.73. The molecule has 0 spiro atoms. The maximum atomic E-state index is 13.1. The summed E-state index contributed by atoms with van der Waals surface area (Å²) in [6, 6.07) is 5.46. The summed E-state index contributed by atoms with van der Waals surface area (Å²) in [5.41, 5.74) is 0.220. The summed E-state index contributed by atoms with van der Waals surface area (Å²) in [6.45, 7) is 3.86. The number of sulfone groups is 1. The molecule has 1 heterocycles. The zero-order valence-electron chi connectivity index (χ0n) is 17.5. The van der Waals surface area contributed by atoms with E-state index in [-0.39, 0.29) is 11.6 Å². The Hall–Kier alpha value is -2.42. The van der Waals surface area contributed by atoms with Gasteiger partial charge in [0.1, 0.15) is 21.1 Å². The van der Waals surface area contributed by atoms with Crippen LogP contribution in [0, 0.1) is 12.8 Å². The topological polar surface area (TPSA) is 111 Å². The van der Waals surface area contributed by atoms with Crippen LogP contribution in [0.3, 0.4) is 0 Å². The molecule has 4 rings (SSSR count). The van der Waals surface area contributed by atoms with Crippen molar-refractivity contribution >= 4 is 15.7 Å². The standard InChI is InChI=1S/C21H27N3O5S/c1-13-22-20(24-29-13)21(2,12-30(3,26)27)23-19(25)16-8-9-17(15-6-7-15)18(10-16)28-11-14-4-5-14/h8-10,14-15H,4-7,11-12H2,1-3H3,(H,23,25). The molecule has 0 saturated heterocycles. The van der Waals surface area contributed by atoms with E-state index in [0.29, 0.717) is 29.9 Å². The van der Waals surface area contributed by atoms with E-state index in [2.05, 4.69) is 15.5 Å². The monoisotopic (exact) mass is 433 g/mol. The minimum Gasteiger partial charge on any atom is -0.493 e. The molecule has 1 aromatic carbocycles. The molecule has 2 aliphatic rings. The van der Waals surface area contributed by atoms with Gasteiger partial charge in [-0.05, 0) is 62.1 Å². The van der Waals surface area contributed by atoms with Gasteiger partial charge in [0.25, 0.3) is 5.91 Å². The van der Waals surface area contributed by atoms with E-state index in [1.54, 1.807) is 26.0 Å². The summed E-state index contributed by atoms with van der Waals surface area (Å²) in [7, 11) is -3.44. The van der Waals surface area contributed by atoms with Crippen molar-refractivity contribution in [3.63, 3.8) is 0 Å². The normalized spacial score (nSPS) is 18.6. The minimum atomic E-state index is -3.44. The Morgan fingerprint density at radius 3 is 2.60 bits per heavy atom. The van der Waals surface area contributed by atoms with E-state index in [0.717, 1.165) is 30.4 Å². The summed E-state index contributed by atoms with van der Waals surface area (Å²) < 4.78 is 35.1. The van der Waals surface area contributed by atoms with Crippen molar-refractivity contribution in [1.29, 1.82) is 0 Å². The Kier molecular flexibility index (Phi) is 5.34. The molecule has 2 aromatic rings. The minimum absolute atomic E-state index is 0.124. The van der Waals surface area contributed by atoms with Crippen LogP contribution in [-0.2, 0) is 15.4 Å². The van der Waals surface area contributed by atoms with Crippen molar-refractivity contribution in [3.8, 4) is 5.75 Å². The first-order valence-electron chi connectivity index (χ1n) is 10.2. The van der Waals surface area contributed by atoms with Gasteiger partial charge in [0, 0.05) is 18.7 Å². The summed E-state index contributed by atoms with van der Waals surface area (Å²) in [6.07, 6.45) is 5.75. The summed E-state index contributed by atoms with van der Waals surface area (Å²) >= 11 is 0. The maximum absolute atomic E-state index is 13.1. The lowest BCUT2D eigenvalue weighted by atomic mass is 10.0. The molecular weight excluding hydrogens is 406 g/mol. The van der Waals surface area contributed by atoms with Gasteiger partial charge in [-0.15, -0.1) is 0 Å². The molecule has 2 fully saturated rings. The number of nitrogens with one attached hydrogen (secondary N) is 1. The molecule has 1 atom stereocenters. The highest BCUT2D eigenvalue weighted by Crippen LogP contribution is 2.45. The Balaban J connectivity index is 1.59. The number of hydrogen-bond acceptors (Lipinski definition) is 7. The lowest BCUT2D eigenvalue weighted by Crippen LogP contribution is -2.49. The van der Waals surface area contributed by atoms with Crippen molar-refractivity contribution in [3.05, 3.63) is 41.0 Å². The van der Waals surface area contributed by atoms with Crippen LogP contribution in [0.2, 0.25) is 0 Å². The van der Waals surface area contributed by atoms with Gasteiger partial charge in [-0.25, -0.2) is 8.42 Å². The SMILES string of the molecule is Cc1nc(C(C)(CS(C)(=O)=O)NC(=O)c2ccc(C3CC3)c(OCC3CC3)c2)no1. The molecule has 1 aromatic heterocycles. The second-order valence-corrected chi connectivity index (χ2v) is 10.9. The molecule has 8 nitrogen and oxygen atoms in total. The third-order valence-electron chi connectivity index (χ3n) is 5.43. The van der Waals surface area contributed by atoms with Crippen molar-refractivity contribution in [2.45, 2.75) is 51.0 Å². The summed E-state index contributed by atoms with van der Waals surface area (Å²) in [5, 5.41) is 6.65. The van der Waals surface area contributed by atoms with Gasteiger partial charge in [-0.3, -0.25) is 4.79 Å². The van der Waals surface area contributed by atoms with Crippen molar-refractivity contribution in [2.24, 2.45) is 5.92 Å². The fourth-order valence-electron chi connectivity index (χ4n) is 3.55. The highest BCUT2D eigenvalue weighted by molar-refractivity contribution is 7.90. The largest absolute Gasteiger partial charge is 0.493 e. The van der Waals surface area contributed by atoms with E-state index in [1.165, 1.54) is 12.8 Å². The zero-order chi connectivity index (χ0) is 21.5. The average molecular weight is 434 g/mol. The fraction of sp³-hybridized carbons (Fsp3) is 0.571. The lowest BCUT2D eigenvalue weighted by Gasteiger charge is -2.27. The Morgan fingerprint density at radius 2 is 2.03 bits per heavy atom. The molecule has 0 aliphatic heterocycles. The van der Waals surface area contributed by atoms with Gasteiger partial charge in [0.05, 0.1) is 12.4 Å². The van der Waals surface area contributed by atoms with Crippen molar-refractivity contribution in [1.82, 2.24) is 15.5 Å². The van der Waals surface area contributed by atoms with Crippen LogP contribution < -0.4 is 10.1 Å². The van der Waals surface area contributed by atoms with E-state index < -0.39 is 21.3 Å². The number of aromatic nitrogens is 2. The molecule has 1 unspecified atom stereocenters. The number of ether oxygens (including phenoxy) is 1. The lowest BCUT2D eigenvalue weighted by molar-refractivity contribution is 0.0908. The number of hydrogen-bond donors (Lipinski definition) is 1. The second kappa shape index (κ2) is 7.68. The molecule has 2 aliphatic carbocycles. The molecule has 9 heteroatoms. The molecule has 162 valence electrons. The second-order valence-electron chi connectivity index (χ2n) is 8.77. The predicted molar refractivity (Wildman–Crippen MR) is 110 cm³/mol. The van der Waals surface area contributed by atoms with Gasteiger partial charge in [-0.1, -0.05) is 11.2 Å². The van der Waals surface area contributed by atoms with Crippen molar-refractivity contribution in [2.75, 3.05) is 18.6 Å². The van der Waals surface area contributed by atoms with Gasteiger partial charge in [0.2, 0.25) is 5.89 Å². The Labute approximate surface area is 176 Å². The van der Waals surface area contributed by atoms with Crippen LogP contribution in [0.25, 0.3) is 0 Å². The zero-order valence-corrected chi connectivity index (χ0v) is 18.3. The smallest absolute Gasteiger partial charge is 0.252 e. The van der Waals surface area contributed by atoms with E-state index >= 15 is 0 Å². The highest BCUT2D eigenvalue weighted by Gasteiger charge is 2.38. The van der Waals surface area contributed by atoms with Crippen molar-refractivity contribution < 1.29 is 22.5 Å². The highest BCUT2D eigenvalue weighted by atomic mass is 32.2. The number of nitrogens with zero attached hydrogens (tertiary/aromatic N) is 2.